The van der Waals surface area contributed by atoms with Crippen molar-refractivity contribution in [3.8, 4) is 0 Å². The lowest BCUT2D eigenvalue weighted by molar-refractivity contribution is -0.137. The van der Waals surface area contributed by atoms with Gasteiger partial charge in [0.25, 0.3) is 0 Å². The van der Waals surface area contributed by atoms with Crippen LogP contribution in [0.3, 0.4) is 0 Å². The van der Waals surface area contributed by atoms with Crippen molar-refractivity contribution in [2.45, 2.75) is 38.3 Å². The minimum atomic E-state index is -0.856. The molecule has 0 spiro atoms. The third-order valence-electron chi connectivity index (χ3n) is 2.56. The van der Waals surface area contributed by atoms with Crippen LogP contribution in [-0.4, -0.2) is 37.9 Å². The van der Waals surface area contributed by atoms with Gasteiger partial charge in [-0.2, -0.15) is 0 Å². The number of hydrogen-bond donors (Lipinski definition) is 1. The maximum atomic E-state index is 10.5. The summed E-state index contributed by atoms with van der Waals surface area (Å²) >= 11 is 0. The Labute approximate surface area is 92.4 Å². The fraction of sp³-hybridized carbons (Fsp3) is 0.778. The normalized spacial score (nSPS) is 20.9. The van der Waals surface area contributed by atoms with Gasteiger partial charge in [-0.05, 0) is 29.7 Å². The number of carbonyl (C=O) groups is 1. The maximum Gasteiger partial charge on any atom is 0.305 e. The fourth-order valence-corrected chi connectivity index (χ4v) is 1.75. The molecule has 88 valence electrons. The Morgan fingerprint density at radius 2 is 2.44 bits per heavy atom. The monoisotopic (exact) mass is 226 g/mol. The van der Waals surface area contributed by atoms with Crippen molar-refractivity contribution in [2.24, 2.45) is 0 Å². The van der Waals surface area contributed by atoms with Crippen molar-refractivity contribution in [3.05, 3.63) is 5.82 Å². The number of aromatic nitrogens is 4. The van der Waals surface area contributed by atoms with Crippen LogP contribution < -0.4 is 0 Å². The van der Waals surface area contributed by atoms with Gasteiger partial charge in [0.2, 0.25) is 0 Å². The number of ether oxygens (including phenoxy) is 1. The largest absolute Gasteiger partial charge is 0.481 e. The van der Waals surface area contributed by atoms with Crippen molar-refractivity contribution in [3.63, 3.8) is 0 Å². The van der Waals surface area contributed by atoms with E-state index >= 15 is 0 Å². The highest BCUT2D eigenvalue weighted by Gasteiger charge is 2.22. The van der Waals surface area contributed by atoms with Crippen LogP contribution in [0.25, 0.3) is 0 Å². The number of aliphatic carboxylic acids is 1. The van der Waals surface area contributed by atoms with Gasteiger partial charge in [0.1, 0.15) is 6.10 Å². The summed E-state index contributed by atoms with van der Waals surface area (Å²) in [5, 5.41) is 19.8. The first kappa shape index (κ1) is 11.0. The SMILES string of the molecule is O=C(O)CCn1nnnc1C1CCCCO1. The quantitative estimate of drug-likeness (QED) is 0.798. The first-order valence-corrected chi connectivity index (χ1v) is 5.37. The van der Waals surface area contributed by atoms with Crippen LogP contribution in [0.15, 0.2) is 0 Å². The lowest BCUT2D eigenvalue weighted by Gasteiger charge is -2.21. The average molecular weight is 226 g/mol. The molecule has 0 bridgehead atoms. The molecule has 0 radical (unpaired) electrons. The molecule has 1 atom stereocenters. The van der Waals surface area contributed by atoms with Crippen LogP contribution >= 0.6 is 0 Å². The molecule has 1 aliphatic heterocycles. The van der Waals surface area contributed by atoms with Crippen LogP contribution in [0.5, 0.6) is 0 Å². The molecule has 1 saturated heterocycles. The zero-order valence-electron chi connectivity index (χ0n) is 8.87. The Hall–Kier alpha value is -1.50. The Morgan fingerprint density at radius 3 is 3.12 bits per heavy atom. The maximum absolute atomic E-state index is 10.5. The van der Waals surface area contributed by atoms with Gasteiger partial charge >= 0.3 is 5.97 Å². The van der Waals surface area contributed by atoms with E-state index in [-0.39, 0.29) is 19.1 Å². The van der Waals surface area contributed by atoms with Gasteiger partial charge in [-0.3, -0.25) is 4.79 Å². The van der Waals surface area contributed by atoms with E-state index in [0.29, 0.717) is 5.82 Å². The van der Waals surface area contributed by atoms with E-state index in [4.69, 9.17) is 9.84 Å². The molecular weight excluding hydrogens is 212 g/mol. The molecule has 1 fully saturated rings. The minimum Gasteiger partial charge on any atom is -0.481 e. The topological polar surface area (TPSA) is 90.1 Å². The molecule has 1 N–H and O–H groups in total. The summed E-state index contributed by atoms with van der Waals surface area (Å²) in [5.74, 6) is -0.216. The van der Waals surface area contributed by atoms with Crippen LogP contribution in [0.2, 0.25) is 0 Å². The van der Waals surface area contributed by atoms with E-state index in [1.165, 1.54) is 4.68 Å². The number of tetrazole rings is 1. The molecule has 16 heavy (non-hydrogen) atoms. The van der Waals surface area contributed by atoms with Gasteiger partial charge in [-0.1, -0.05) is 0 Å². The van der Waals surface area contributed by atoms with Crippen molar-refractivity contribution in [2.75, 3.05) is 6.61 Å². The van der Waals surface area contributed by atoms with Crippen molar-refractivity contribution in [1.29, 1.82) is 0 Å². The average Bonchev–Trinajstić information content (AvgIpc) is 2.75. The smallest absolute Gasteiger partial charge is 0.305 e. The van der Waals surface area contributed by atoms with E-state index in [1.54, 1.807) is 0 Å². The zero-order chi connectivity index (χ0) is 11.4. The highest BCUT2D eigenvalue weighted by molar-refractivity contribution is 5.66. The Balaban J connectivity index is 2.02. The fourth-order valence-electron chi connectivity index (χ4n) is 1.75. The van der Waals surface area contributed by atoms with Crippen LogP contribution in [0.1, 0.15) is 37.6 Å². The molecular formula is C9H14N4O3. The molecule has 7 nitrogen and oxygen atoms in total. The summed E-state index contributed by atoms with van der Waals surface area (Å²) in [6.45, 7) is 1.01. The van der Waals surface area contributed by atoms with Gasteiger partial charge < -0.3 is 9.84 Å². The van der Waals surface area contributed by atoms with Gasteiger partial charge in [0.15, 0.2) is 5.82 Å². The van der Waals surface area contributed by atoms with Crippen molar-refractivity contribution in [1.82, 2.24) is 20.2 Å². The summed E-state index contributed by atoms with van der Waals surface area (Å²) in [6, 6.07) is 0. The first-order chi connectivity index (χ1) is 7.77. The summed E-state index contributed by atoms with van der Waals surface area (Å²) < 4.78 is 7.08. The van der Waals surface area contributed by atoms with Gasteiger partial charge in [0, 0.05) is 6.61 Å². The predicted molar refractivity (Wildman–Crippen MR) is 52.6 cm³/mol. The second-order valence-electron chi connectivity index (χ2n) is 3.76. The molecule has 0 saturated carbocycles. The van der Waals surface area contributed by atoms with Crippen LogP contribution in [0, 0.1) is 0 Å². The molecule has 1 unspecified atom stereocenters. The highest BCUT2D eigenvalue weighted by atomic mass is 16.5. The molecule has 1 aromatic heterocycles. The highest BCUT2D eigenvalue weighted by Crippen LogP contribution is 2.25. The second-order valence-corrected chi connectivity index (χ2v) is 3.76. The van der Waals surface area contributed by atoms with Crippen molar-refractivity contribution < 1.29 is 14.6 Å². The predicted octanol–water partition coefficient (Wildman–Crippen LogP) is 0.389. The number of carboxylic acid groups (broad SMARTS) is 1. The summed E-state index contributed by atoms with van der Waals surface area (Å²) in [7, 11) is 0. The lowest BCUT2D eigenvalue weighted by atomic mass is 10.1. The number of nitrogens with zero attached hydrogens (tertiary/aromatic N) is 4. The molecule has 0 aliphatic carbocycles. The number of rotatable bonds is 4. The number of aryl methyl sites for hydroxylation is 1. The number of hydrogen-bond acceptors (Lipinski definition) is 5. The standard InChI is InChI=1S/C9H14N4O3/c14-8(15)4-5-13-9(10-11-12-13)7-3-1-2-6-16-7/h7H,1-6H2,(H,14,15). The molecule has 1 aliphatic rings. The molecule has 2 rings (SSSR count). The van der Waals surface area contributed by atoms with Crippen molar-refractivity contribution >= 4 is 5.97 Å². The molecule has 1 aromatic rings. The molecule has 7 heteroatoms. The third kappa shape index (κ3) is 2.54. The van der Waals surface area contributed by atoms with E-state index in [1.807, 2.05) is 0 Å². The Bertz CT molecular complexity index is 359. The lowest BCUT2D eigenvalue weighted by Crippen LogP contribution is -2.18. The van der Waals surface area contributed by atoms with E-state index in [2.05, 4.69) is 15.5 Å². The van der Waals surface area contributed by atoms with E-state index in [0.717, 1.165) is 25.9 Å². The first-order valence-electron chi connectivity index (χ1n) is 5.37. The number of carboxylic acids is 1. The van der Waals surface area contributed by atoms with E-state index < -0.39 is 5.97 Å². The summed E-state index contributed by atoms with van der Waals surface area (Å²) in [5.41, 5.74) is 0. The van der Waals surface area contributed by atoms with Gasteiger partial charge in [0.05, 0.1) is 13.0 Å². The molecule has 2 heterocycles. The summed E-state index contributed by atoms with van der Waals surface area (Å²) in [4.78, 5) is 10.5. The van der Waals surface area contributed by atoms with Crippen LogP contribution in [0.4, 0.5) is 0 Å². The summed E-state index contributed by atoms with van der Waals surface area (Å²) in [6.07, 6.45) is 2.99. The molecule has 0 aromatic carbocycles. The second kappa shape index (κ2) is 5.02. The minimum absolute atomic E-state index is 0.0186. The Morgan fingerprint density at radius 1 is 1.56 bits per heavy atom. The van der Waals surface area contributed by atoms with Crippen LogP contribution in [-0.2, 0) is 16.1 Å². The van der Waals surface area contributed by atoms with Gasteiger partial charge in [-0.15, -0.1) is 5.10 Å². The Kier molecular flexibility index (Phi) is 3.45. The third-order valence-corrected chi connectivity index (χ3v) is 2.56. The molecule has 0 amide bonds. The van der Waals surface area contributed by atoms with E-state index in [9.17, 15) is 4.79 Å². The van der Waals surface area contributed by atoms with Gasteiger partial charge in [-0.25, -0.2) is 4.68 Å². The zero-order valence-corrected chi connectivity index (χ0v) is 8.87.